The lowest BCUT2D eigenvalue weighted by atomic mass is 9.98. The molecule has 0 fully saturated rings. The number of carbonyl (C=O) groups excluding carboxylic acids is 1. The Morgan fingerprint density at radius 3 is 2.25 bits per heavy atom. The van der Waals surface area contributed by atoms with Crippen molar-refractivity contribution < 1.29 is 29.0 Å². The first-order chi connectivity index (χ1) is 17.5. The van der Waals surface area contributed by atoms with Crippen molar-refractivity contribution in [2.75, 3.05) is 14.2 Å². The molecule has 0 aliphatic heterocycles. The first-order valence-electron chi connectivity index (χ1n) is 11.0. The molecule has 0 aliphatic rings. The zero-order valence-electron chi connectivity index (χ0n) is 19.5. The van der Waals surface area contributed by atoms with E-state index in [9.17, 15) is 15.0 Å². The number of ether oxygens (including phenoxy) is 2. The molecule has 8 heteroatoms. The molecule has 2 aromatic heterocycles. The molecule has 0 amide bonds. The largest absolute Gasteiger partial charge is 0.503 e. The summed E-state index contributed by atoms with van der Waals surface area (Å²) in [4.78, 5) is 13.7. The Bertz CT molecular complexity index is 1520. The van der Waals surface area contributed by atoms with Crippen molar-refractivity contribution in [2.45, 2.75) is 0 Å². The van der Waals surface area contributed by atoms with Crippen molar-refractivity contribution in [1.29, 1.82) is 0 Å². The monoisotopic (exact) mass is 482 g/mol. The van der Waals surface area contributed by atoms with Crippen LogP contribution in [0, 0.1) is 0 Å². The Morgan fingerprint density at radius 1 is 0.889 bits per heavy atom. The lowest BCUT2D eigenvalue weighted by Gasteiger charge is -2.15. The van der Waals surface area contributed by atoms with Gasteiger partial charge in [-0.25, -0.2) is 0 Å². The normalized spacial score (nSPS) is 10.8. The van der Waals surface area contributed by atoms with E-state index in [-0.39, 0.29) is 11.3 Å². The Labute approximate surface area is 206 Å². The molecule has 2 heterocycles. The van der Waals surface area contributed by atoms with Gasteiger partial charge in [0.1, 0.15) is 23.5 Å². The summed E-state index contributed by atoms with van der Waals surface area (Å²) in [6, 6.07) is 22.5. The van der Waals surface area contributed by atoms with Crippen LogP contribution >= 0.6 is 0 Å². The second-order valence-corrected chi connectivity index (χ2v) is 7.92. The predicted octanol–water partition coefficient (Wildman–Crippen LogP) is 5.46. The lowest BCUT2D eigenvalue weighted by Crippen LogP contribution is -2.06. The van der Waals surface area contributed by atoms with Crippen LogP contribution in [0.15, 0.2) is 89.6 Å². The van der Waals surface area contributed by atoms with E-state index in [4.69, 9.17) is 14.0 Å². The van der Waals surface area contributed by atoms with E-state index in [1.54, 1.807) is 78.9 Å². The third-order valence-corrected chi connectivity index (χ3v) is 5.92. The Balaban J connectivity index is 1.73. The molecule has 0 spiro atoms. The van der Waals surface area contributed by atoms with Crippen LogP contribution in [0.3, 0.4) is 0 Å². The number of aromatic hydroxyl groups is 2. The molecule has 0 radical (unpaired) electrons. The molecular weight excluding hydrogens is 460 g/mol. The van der Waals surface area contributed by atoms with Crippen LogP contribution in [0.5, 0.6) is 23.1 Å². The average molecular weight is 482 g/mol. The summed E-state index contributed by atoms with van der Waals surface area (Å²) in [6.45, 7) is 0. The molecule has 36 heavy (non-hydrogen) atoms. The molecule has 0 atom stereocenters. The van der Waals surface area contributed by atoms with Crippen molar-refractivity contribution in [2.24, 2.45) is 0 Å². The topological polar surface area (TPSA) is 107 Å². The van der Waals surface area contributed by atoms with E-state index in [2.05, 4.69) is 5.16 Å². The third-order valence-electron chi connectivity index (χ3n) is 5.92. The van der Waals surface area contributed by atoms with E-state index in [0.717, 1.165) is 5.56 Å². The second kappa shape index (κ2) is 9.34. The van der Waals surface area contributed by atoms with Gasteiger partial charge in [-0.3, -0.25) is 9.36 Å². The molecule has 0 aliphatic carbocycles. The van der Waals surface area contributed by atoms with Crippen LogP contribution in [-0.4, -0.2) is 39.9 Å². The third kappa shape index (κ3) is 3.84. The summed E-state index contributed by atoms with van der Waals surface area (Å²) < 4.78 is 17.1. The first-order valence-corrected chi connectivity index (χ1v) is 11.0. The van der Waals surface area contributed by atoms with Crippen molar-refractivity contribution >= 4 is 5.78 Å². The number of para-hydroxylation sites is 1. The molecule has 0 unspecified atom stereocenters. The Hall–Kier alpha value is -4.98. The smallest absolute Gasteiger partial charge is 0.240 e. The maximum atomic E-state index is 13.7. The first kappa shape index (κ1) is 22.8. The summed E-state index contributed by atoms with van der Waals surface area (Å²) in [5, 5.41) is 26.1. The van der Waals surface area contributed by atoms with Crippen molar-refractivity contribution in [3.05, 3.63) is 96.3 Å². The fourth-order valence-electron chi connectivity index (χ4n) is 4.14. The summed E-state index contributed by atoms with van der Waals surface area (Å²) >= 11 is 0. The average Bonchev–Trinajstić information content (AvgIpc) is 3.55. The van der Waals surface area contributed by atoms with Crippen LogP contribution < -0.4 is 9.47 Å². The molecule has 180 valence electrons. The lowest BCUT2D eigenvalue weighted by molar-refractivity contribution is 0.103. The molecule has 0 bridgehead atoms. The van der Waals surface area contributed by atoms with Gasteiger partial charge >= 0.3 is 0 Å². The maximum Gasteiger partial charge on any atom is 0.240 e. The number of methoxy groups -OCH3 is 2. The molecule has 3 aromatic carbocycles. The van der Waals surface area contributed by atoms with E-state index >= 15 is 0 Å². The minimum Gasteiger partial charge on any atom is -0.503 e. The number of hydrogen-bond donors (Lipinski definition) is 2. The van der Waals surface area contributed by atoms with Crippen molar-refractivity contribution in [3.63, 3.8) is 0 Å². The number of ketones is 1. The van der Waals surface area contributed by atoms with Gasteiger partial charge in [-0.05, 0) is 48.5 Å². The van der Waals surface area contributed by atoms with Gasteiger partial charge in [0.2, 0.25) is 5.88 Å². The molecule has 0 saturated carbocycles. The molecule has 5 aromatic rings. The van der Waals surface area contributed by atoms with Crippen molar-refractivity contribution in [3.8, 4) is 51.3 Å². The quantitative estimate of drug-likeness (QED) is 0.297. The minimum absolute atomic E-state index is 0.0530. The SMILES string of the molecule is COc1ccc(C(=O)c2c(O)c(O)n(-c3ccc(-c4ccon4)cc3)c2-c2ccccc2OC)cc1. The number of nitrogens with zero attached hydrogens (tertiary/aromatic N) is 2. The van der Waals surface area contributed by atoms with Crippen LogP contribution in [0.1, 0.15) is 15.9 Å². The highest BCUT2D eigenvalue weighted by Crippen LogP contribution is 2.46. The minimum atomic E-state index is -0.530. The molecular formula is C28H22N2O6. The number of hydrogen-bond acceptors (Lipinski definition) is 7. The fraction of sp³-hybridized carbons (Fsp3) is 0.0714. The van der Waals surface area contributed by atoms with Crippen LogP contribution in [0.25, 0.3) is 28.2 Å². The highest BCUT2D eigenvalue weighted by atomic mass is 16.5. The fourth-order valence-corrected chi connectivity index (χ4v) is 4.14. The summed E-state index contributed by atoms with van der Waals surface area (Å²) in [5.74, 6) is -0.406. The number of rotatable bonds is 7. The molecule has 2 N–H and O–H groups in total. The summed E-state index contributed by atoms with van der Waals surface area (Å²) in [6.07, 6.45) is 1.48. The standard InChI is InChI=1S/C28H22N2O6/c1-34-20-13-9-18(10-14-20)26(31)24-25(21-5-3-4-6-23(21)35-2)30(28(33)27(24)32)19-11-7-17(8-12-19)22-15-16-36-29-22/h3-16,32-33H,1-2H3. The zero-order valence-corrected chi connectivity index (χ0v) is 19.5. The number of benzene rings is 3. The Kier molecular flexibility index (Phi) is 5.92. The molecule has 5 rings (SSSR count). The van der Waals surface area contributed by atoms with Gasteiger partial charge in [0, 0.05) is 28.4 Å². The van der Waals surface area contributed by atoms with E-state index in [1.165, 1.54) is 25.0 Å². The van der Waals surface area contributed by atoms with Gasteiger partial charge in [0.15, 0.2) is 11.5 Å². The van der Waals surface area contributed by atoms with E-state index in [0.29, 0.717) is 34.0 Å². The zero-order chi connectivity index (χ0) is 25.2. The van der Waals surface area contributed by atoms with Crippen LogP contribution in [0.4, 0.5) is 0 Å². The van der Waals surface area contributed by atoms with Gasteiger partial charge in [-0.1, -0.05) is 29.4 Å². The van der Waals surface area contributed by atoms with Gasteiger partial charge in [0.05, 0.1) is 25.5 Å². The Morgan fingerprint density at radius 2 is 1.61 bits per heavy atom. The highest BCUT2D eigenvalue weighted by molar-refractivity contribution is 6.15. The van der Waals surface area contributed by atoms with Gasteiger partial charge in [-0.2, -0.15) is 0 Å². The summed E-state index contributed by atoms with van der Waals surface area (Å²) in [5.41, 5.74) is 3.05. The summed E-state index contributed by atoms with van der Waals surface area (Å²) in [7, 11) is 3.05. The van der Waals surface area contributed by atoms with Gasteiger partial charge in [0.25, 0.3) is 0 Å². The number of aromatic nitrogens is 2. The predicted molar refractivity (Wildman–Crippen MR) is 133 cm³/mol. The second-order valence-electron chi connectivity index (χ2n) is 7.92. The van der Waals surface area contributed by atoms with Crippen LogP contribution in [-0.2, 0) is 0 Å². The molecule has 0 saturated heterocycles. The van der Waals surface area contributed by atoms with Crippen LogP contribution in [0.2, 0.25) is 0 Å². The van der Waals surface area contributed by atoms with Gasteiger partial charge in [-0.15, -0.1) is 0 Å². The van der Waals surface area contributed by atoms with E-state index in [1.807, 2.05) is 0 Å². The maximum absolute atomic E-state index is 13.7. The van der Waals surface area contributed by atoms with Crippen molar-refractivity contribution in [1.82, 2.24) is 9.72 Å². The highest BCUT2D eigenvalue weighted by Gasteiger charge is 2.31. The number of carbonyl (C=O) groups is 1. The van der Waals surface area contributed by atoms with E-state index < -0.39 is 17.4 Å². The van der Waals surface area contributed by atoms with Gasteiger partial charge < -0.3 is 24.2 Å². The molecule has 8 nitrogen and oxygen atoms in total.